The van der Waals surface area contributed by atoms with Gasteiger partial charge in [0.25, 0.3) is 0 Å². The van der Waals surface area contributed by atoms with Crippen LogP contribution in [0.4, 0.5) is 0 Å². The number of nitrogens with zero attached hydrogens (tertiary/aromatic N) is 1. The first-order valence-electron chi connectivity index (χ1n) is 12.9. The van der Waals surface area contributed by atoms with Gasteiger partial charge in [0.05, 0.1) is 5.41 Å². The largest absolute Gasteiger partial charge is 0.436 e. The number of para-hydroxylation sites is 2. The van der Waals surface area contributed by atoms with E-state index in [9.17, 15) is 0 Å². The summed E-state index contributed by atoms with van der Waals surface area (Å²) < 4.78 is 6.17. The number of hydrogen-bond acceptors (Lipinski definition) is 2. The van der Waals surface area contributed by atoms with Crippen LogP contribution in [0.5, 0.6) is 0 Å². The van der Waals surface area contributed by atoms with E-state index >= 15 is 0 Å². The average Bonchev–Trinajstić information content (AvgIpc) is 3.50. The van der Waals surface area contributed by atoms with Crippen molar-refractivity contribution in [3.63, 3.8) is 0 Å². The normalized spacial score (nSPS) is 15.7. The van der Waals surface area contributed by atoms with Crippen LogP contribution in [0.1, 0.15) is 47.2 Å². The van der Waals surface area contributed by atoms with Crippen LogP contribution in [0.2, 0.25) is 0 Å². The van der Waals surface area contributed by atoms with E-state index in [4.69, 9.17) is 9.40 Å². The Balaban J connectivity index is 1.47. The summed E-state index contributed by atoms with van der Waals surface area (Å²) >= 11 is 0. The van der Waals surface area contributed by atoms with Crippen molar-refractivity contribution in [3.05, 3.63) is 149 Å². The Morgan fingerprint density at radius 2 is 1.11 bits per heavy atom. The summed E-state index contributed by atoms with van der Waals surface area (Å²) in [5.41, 5.74) is 13.0. The van der Waals surface area contributed by atoms with E-state index in [0.717, 1.165) is 16.7 Å². The van der Waals surface area contributed by atoms with Gasteiger partial charge in [-0.2, -0.15) is 0 Å². The first kappa shape index (κ1) is 20.7. The lowest BCUT2D eigenvalue weighted by Crippen LogP contribution is -2.40. The molecule has 0 N–H and O–H groups in total. The standard InChI is InChI=1S/C35H25NO/c1-34(2)27-13-5-7-15-29(27)35(30-16-8-6-14-28(30)34)25-12-4-3-11-23(25)24-21-22(19-20-26(24)35)33-36-31-17-9-10-18-32(31)37-33/h3-21H,1-2H3. The topological polar surface area (TPSA) is 26.0 Å². The lowest BCUT2D eigenvalue weighted by molar-refractivity contribution is 0.563. The van der Waals surface area contributed by atoms with Gasteiger partial charge < -0.3 is 4.42 Å². The molecule has 2 nitrogen and oxygen atoms in total. The maximum absolute atomic E-state index is 6.17. The summed E-state index contributed by atoms with van der Waals surface area (Å²) in [5.74, 6) is 0.660. The molecule has 0 radical (unpaired) electrons. The fraction of sp³-hybridized carbons (Fsp3) is 0.114. The molecule has 0 aliphatic heterocycles. The Labute approximate surface area is 216 Å². The average molecular weight is 476 g/mol. The van der Waals surface area contributed by atoms with Gasteiger partial charge in [0.1, 0.15) is 5.52 Å². The van der Waals surface area contributed by atoms with Gasteiger partial charge in [-0.1, -0.05) is 105 Å². The third-order valence-electron chi connectivity index (χ3n) is 8.59. The molecule has 8 rings (SSSR count). The van der Waals surface area contributed by atoms with Crippen molar-refractivity contribution in [2.45, 2.75) is 24.7 Å². The molecule has 0 saturated carbocycles. The fourth-order valence-corrected chi connectivity index (χ4v) is 6.99. The highest BCUT2D eigenvalue weighted by Crippen LogP contribution is 2.62. The maximum atomic E-state index is 6.17. The predicted molar refractivity (Wildman–Crippen MR) is 149 cm³/mol. The van der Waals surface area contributed by atoms with Crippen LogP contribution in [0.25, 0.3) is 33.7 Å². The number of oxazole rings is 1. The van der Waals surface area contributed by atoms with Crippen LogP contribution in [0.15, 0.2) is 120 Å². The van der Waals surface area contributed by atoms with Crippen molar-refractivity contribution >= 4 is 11.1 Å². The molecule has 6 aromatic rings. The molecule has 2 heteroatoms. The van der Waals surface area contributed by atoms with Gasteiger partial charge in [0, 0.05) is 11.0 Å². The van der Waals surface area contributed by atoms with Gasteiger partial charge in [-0.15, -0.1) is 0 Å². The first-order chi connectivity index (χ1) is 18.1. The molecule has 1 aromatic heterocycles. The smallest absolute Gasteiger partial charge is 0.227 e. The van der Waals surface area contributed by atoms with Gasteiger partial charge in [0.2, 0.25) is 5.89 Å². The molecule has 2 aliphatic carbocycles. The van der Waals surface area contributed by atoms with Crippen LogP contribution in [0, 0.1) is 0 Å². The third kappa shape index (κ3) is 2.52. The number of hydrogen-bond donors (Lipinski definition) is 0. The van der Waals surface area contributed by atoms with E-state index < -0.39 is 0 Å². The summed E-state index contributed by atoms with van der Waals surface area (Å²) in [6.07, 6.45) is 0. The number of aromatic nitrogens is 1. The SMILES string of the molecule is CC1(C)c2ccccc2C2(c3ccccc3-c3cc(-c4nc5ccccc5o4)ccc32)c2ccccc21. The minimum absolute atomic E-state index is 0.0890. The quantitative estimate of drug-likeness (QED) is 0.238. The van der Waals surface area contributed by atoms with Crippen LogP contribution in [0.3, 0.4) is 0 Å². The van der Waals surface area contributed by atoms with Crippen LogP contribution in [-0.2, 0) is 10.8 Å². The molecular weight excluding hydrogens is 450 g/mol. The lowest BCUT2D eigenvalue weighted by atomic mass is 9.55. The van der Waals surface area contributed by atoms with Gasteiger partial charge in [-0.3, -0.25) is 0 Å². The predicted octanol–water partition coefficient (Wildman–Crippen LogP) is 8.50. The highest BCUT2D eigenvalue weighted by molar-refractivity contribution is 5.90. The zero-order valence-corrected chi connectivity index (χ0v) is 20.8. The Kier molecular flexibility index (Phi) is 3.96. The maximum Gasteiger partial charge on any atom is 0.227 e. The Morgan fingerprint density at radius 1 is 0.541 bits per heavy atom. The summed E-state index contributed by atoms with van der Waals surface area (Å²) in [7, 11) is 0. The Morgan fingerprint density at radius 3 is 1.81 bits per heavy atom. The second-order valence-corrected chi connectivity index (χ2v) is 10.8. The number of rotatable bonds is 1. The molecule has 37 heavy (non-hydrogen) atoms. The summed E-state index contributed by atoms with van der Waals surface area (Å²) in [6, 6.07) is 41.7. The van der Waals surface area contributed by atoms with Gasteiger partial charge in [0.15, 0.2) is 5.58 Å². The van der Waals surface area contributed by atoms with Crippen molar-refractivity contribution in [2.24, 2.45) is 0 Å². The van der Waals surface area contributed by atoms with E-state index in [1.54, 1.807) is 0 Å². The summed E-state index contributed by atoms with van der Waals surface area (Å²) in [4.78, 5) is 4.79. The van der Waals surface area contributed by atoms with Crippen LogP contribution >= 0.6 is 0 Å². The molecule has 0 atom stereocenters. The minimum atomic E-state index is -0.367. The monoisotopic (exact) mass is 475 g/mol. The van der Waals surface area contributed by atoms with E-state index in [0.29, 0.717) is 5.89 Å². The van der Waals surface area contributed by atoms with Crippen molar-refractivity contribution < 1.29 is 4.42 Å². The zero-order chi connectivity index (χ0) is 24.8. The summed E-state index contributed by atoms with van der Waals surface area (Å²) in [5, 5.41) is 0. The second kappa shape index (κ2) is 7.08. The van der Waals surface area contributed by atoms with Crippen molar-refractivity contribution in [1.82, 2.24) is 4.98 Å². The lowest BCUT2D eigenvalue weighted by Gasteiger charge is -2.46. The van der Waals surface area contributed by atoms with Crippen LogP contribution in [-0.4, -0.2) is 4.98 Å². The fourth-order valence-electron chi connectivity index (χ4n) is 6.99. The Bertz CT molecular complexity index is 1790. The first-order valence-corrected chi connectivity index (χ1v) is 12.9. The number of fused-ring (bicyclic) bond motifs is 10. The molecule has 0 saturated heterocycles. The molecule has 0 unspecified atom stereocenters. The van der Waals surface area contributed by atoms with Crippen molar-refractivity contribution in [1.29, 1.82) is 0 Å². The third-order valence-corrected chi connectivity index (χ3v) is 8.59. The molecule has 0 fully saturated rings. The number of benzene rings is 5. The molecule has 176 valence electrons. The van der Waals surface area contributed by atoms with E-state index in [1.807, 2.05) is 24.3 Å². The van der Waals surface area contributed by atoms with Gasteiger partial charge >= 0.3 is 0 Å². The molecule has 0 bridgehead atoms. The zero-order valence-electron chi connectivity index (χ0n) is 20.8. The van der Waals surface area contributed by atoms with E-state index in [2.05, 4.69) is 105 Å². The molecular formula is C35H25NO. The van der Waals surface area contributed by atoms with E-state index in [1.165, 1.54) is 44.5 Å². The van der Waals surface area contributed by atoms with Gasteiger partial charge in [-0.05, 0) is 68.8 Å². The second-order valence-electron chi connectivity index (χ2n) is 10.8. The highest BCUT2D eigenvalue weighted by atomic mass is 16.3. The molecule has 0 amide bonds. The minimum Gasteiger partial charge on any atom is -0.436 e. The van der Waals surface area contributed by atoms with Crippen LogP contribution < -0.4 is 0 Å². The molecule has 2 aliphatic rings. The Hall–Kier alpha value is -4.43. The van der Waals surface area contributed by atoms with Crippen molar-refractivity contribution in [3.8, 4) is 22.6 Å². The van der Waals surface area contributed by atoms with Crippen molar-refractivity contribution in [2.75, 3.05) is 0 Å². The van der Waals surface area contributed by atoms with Gasteiger partial charge in [-0.25, -0.2) is 4.98 Å². The van der Waals surface area contributed by atoms with E-state index in [-0.39, 0.29) is 10.8 Å². The highest BCUT2D eigenvalue weighted by Gasteiger charge is 2.53. The molecule has 1 spiro atoms. The summed E-state index contributed by atoms with van der Waals surface area (Å²) in [6.45, 7) is 4.71. The molecule has 5 aromatic carbocycles. The molecule has 1 heterocycles.